The molecule has 0 saturated heterocycles. The number of aliphatic hydroxyl groups excluding tert-OH is 1. The molecule has 2 rings (SSSR count). The van der Waals surface area contributed by atoms with Gasteiger partial charge >= 0.3 is 10.2 Å². The molecule has 3 N–H and O–H groups in total. The Labute approximate surface area is 106 Å². The molecule has 1 aromatic heterocycles. The molecule has 0 aliphatic heterocycles. The van der Waals surface area contributed by atoms with Gasteiger partial charge < -0.3 is 5.11 Å². The van der Waals surface area contributed by atoms with Crippen LogP contribution in [0.5, 0.6) is 0 Å². The summed E-state index contributed by atoms with van der Waals surface area (Å²) in [6.07, 6.45) is 1.74. The van der Waals surface area contributed by atoms with Gasteiger partial charge in [0.1, 0.15) is 18.1 Å². The van der Waals surface area contributed by atoms with Gasteiger partial charge in [-0.3, -0.25) is 4.72 Å². The molecule has 6 nitrogen and oxygen atoms in total. The molecule has 1 aliphatic rings. The monoisotopic (exact) mass is 267 g/mol. The Morgan fingerprint density at radius 3 is 2.89 bits per heavy atom. The predicted molar refractivity (Wildman–Crippen MR) is 66.9 cm³/mol. The second-order valence-electron chi connectivity index (χ2n) is 3.87. The van der Waals surface area contributed by atoms with Crippen molar-refractivity contribution in [3.05, 3.63) is 23.9 Å². The molecule has 0 aromatic carbocycles. The molecular formula is C11H13N3O3S. The van der Waals surface area contributed by atoms with Gasteiger partial charge in [0, 0.05) is 6.04 Å². The lowest BCUT2D eigenvalue weighted by Gasteiger charge is -2.07. The van der Waals surface area contributed by atoms with E-state index in [-0.39, 0.29) is 18.5 Å². The number of hydrogen-bond donors (Lipinski definition) is 3. The van der Waals surface area contributed by atoms with Crippen molar-refractivity contribution in [3.8, 4) is 11.8 Å². The minimum absolute atomic E-state index is 0.0415. The van der Waals surface area contributed by atoms with Gasteiger partial charge in [-0.05, 0) is 30.9 Å². The summed E-state index contributed by atoms with van der Waals surface area (Å²) in [5.41, 5.74) is 0.399. The van der Waals surface area contributed by atoms with E-state index in [0.29, 0.717) is 5.69 Å². The molecular weight excluding hydrogens is 254 g/mol. The maximum Gasteiger partial charge on any atom is 0.300 e. The van der Waals surface area contributed by atoms with Crippen molar-refractivity contribution < 1.29 is 13.5 Å². The minimum Gasteiger partial charge on any atom is -0.384 e. The summed E-state index contributed by atoms with van der Waals surface area (Å²) in [5, 5.41) is 8.57. The molecule has 1 aromatic rings. The maximum atomic E-state index is 11.6. The predicted octanol–water partition coefficient (Wildman–Crippen LogP) is -0.166. The van der Waals surface area contributed by atoms with Crippen LogP contribution in [-0.2, 0) is 10.2 Å². The van der Waals surface area contributed by atoms with E-state index in [1.165, 1.54) is 6.07 Å². The number of aliphatic hydroxyl groups is 1. The highest BCUT2D eigenvalue weighted by Crippen LogP contribution is 2.20. The van der Waals surface area contributed by atoms with Crippen molar-refractivity contribution in [3.63, 3.8) is 0 Å². The average molecular weight is 267 g/mol. The highest BCUT2D eigenvalue weighted by molar-refractivity contribution is 7.90. The van der Waals surface area contributed by atoms with E-state index in [9.17, 15) is 8.42 Å². The zero-order valence-corrected chi connectivity index (χ0v) is 10.4. The maximum absolute atomic E-state index is 11.6. The third-order valence-corrected chi connectivity index (χ3v) is 3.30. The summed E-state index contributed by atoms with van der Waals surface area (Å²) in [5.74, 6) is 5.26. The lowest BCUT2D eigenvalue weighted by Crippen LogP contribution is -2.32. The number of aromatic nitrogens is 1. The van der Waals surface area contributed by atoms with Gasteiger partial charge in [0.25, 0.3) is 0 Å². The van der Waals surface area contributed by atoms with Gasteiger partial charge in [-0.25, -0.2) is 4.98 Å². The van der Waals surface area contributed by atoms with E-state index >= 15 is 0 Å². The number of rotatable bonds is 4. The van der Waals surface area contributed by atoms with Crippen molar-refractivity contribution >= 4 is 16.0 Å². The van der Waals surface area contributed by atoms with Gasteiger partial charge in [-0.2, -0.15) is 13.1 Å². The Hall–Kier alpha value is -1.62. The first-order valence-electron chi connectivity index (χ1n) is 5.46. The molecule has 0 atom stereocenters. The van der Waals surface area contributed by atoms with E-state index in [0.717, 1.165) is 12.8 Å². The van der Waals surface area contributed by atoms with Crippen molar-refractivity contribution in [2.75, 3.05) is 11.3 Å². The fraction of sp³-hybridized carbons (Fsp3) is 0.364. The fourth-order valence-corrected chi connectivity index (χ4v) is 2.40. The average Bonchev–Trinajstić information content (AvgIpc) is 3.09. The molecule has 7 heteroatoms. The highest BCUT2D eigenvalue weighted by atomic mass is 32.2. The van der Waals surface area contributed by atoms with E-state index in [1.54, 1.807) is 12.1 Å². The Bertz CT molecular complexity index is 585. The quantitative estimate of drug-likeness (QED) is 0.661. The molecule has 96 valence electrons. The van der Waals surface area contributed by atoms with Gasteiger partial charge in [0.15, 0.2) is 0 Å². The summed E-state index contributed by atoms with van der Waals surface area (Å²) >= 11 is 0. The molecule has 1 fully saturated rings. The smallest absolute Gasteiger partial charge is 0.300 e. The van der Waals surface area contributed by atoms with E-state index in [1.807, 2.05) is 0 Å². The number of anilines is 1. The third-order valence-electron chi connectivity index (χ3n) is 2.18. The van der Waals surface area contributed by atoms with Crippen molar-refractivity contribution in [2.45, 2.75) is 18.9 Å². The zero-order valence-electron chi connectivity index (χ0n) is 9.55. The lowest BCUT2D eigenvalue weighted by atomic mass is 10.3. The topological polar surface area (TPSA) is 91.3 Å². The van der Waals surface area contributed by atoms with Crippen LogP contribution in [0, 0.1) is 11.8 Å². The van der Waals surface area contributed by atoms with Gasteiger partial charge in [0.05, 0.1) is 0 Å². The summed E-state index contributed by atoms with van der Waals surface area (Å²) in [7, 11) is -3.57. The van der Waals surface area contributed by atoms with Crippen molar-refractivity contribution in [1.82, 2.24) is 9.71 Å². The zero-order chi connectivity index (χ0) is 13.0. The van der Waals surface area contributed by atoms with Crippen LogP contribution in [0.2, 0.25) is 0 Å². The largest absolute Gasteiger partial charge is 0.384 e. The molecule has 0 radical (unpaired) electrons. The molecule has 18 heavy (non-hydrogen) atoms. The number of nitrogens with zero attached hydrogens (tertiary/aromatic N) is 1. The molecule has 0 bridgehead atoms. The molecule has 1 aliphatic carbocycles. The SMILES string of the molecule is O=S(=O)(Nc1cccc(C#CCO)n1)NC1CC1. The van der Waals surface area contributed by atoms with Gasteiger partial charge in [-0.15, -0.1) is 0 Å². The number of pyridine rings is 1. The van der Waals surface area contributed by atoms with Crippen LogP contribution in [0.3, 0.4) is 0 Å². The summed E-state index contributed by atoms with van der Waals surface area (Å²) in [4.78, 5) is 4.01. The van der Waals surface area contributed by atoms with Crippen LogP contribution >= 0.6 is 0 Å². The van der Waals surface area contributed by atoms with Crippen molar-refractivity contribution in [1.29, 1.82) is 0 Å². The van der Waals surface area contributed by atoms with Gasteiger partial charge in [0.2, 0.25) is 0 Å². The normalized spacial score (nSPS) is 14.7. The van der Waals surface area contributed by atoms with Crippen LogP contribution in [0.25, 0.3) is 0 Å². The molecule has 1 saturated carbocycles. The standard InChI is InChI=1S/C11H13N3O3S/c15-8-2-4-9-3-1-5-11(12-9)14-18(16,17)13-10-6-7-10/h1,3,5,10,13,15H,6-8H2,(H,12,14). The second kappa shape index (κ2) is 5.35. The van der Waals surface area contributed by atoms with Gasteiger partial charge in [-0.1, -0.05) is 12.0 Å². The second-order valence-corrected chi connectivity index (χ2v) is 5.31. The summed E-state index contributed by atoms with van der Waals surface area (Å²) in [6.45, 7) is -0.263. The van der Waals surface area contributed by atoms with E-state index in [2.05, 4.69) is 26.3 Å². The van der Waals surface area contributed by atoms with Crippen LogP contribution in [0.1, 0.15) is 18.5 Å². The van der Waals surface area contributed by atoms with Crippen molar-refractivity contribution in [2.24, 2.45) is 0 Å². The molecule has 0 spiro atoms. The highest BCUT2D eigenvalue weighted by Gasteiger charge is 2.26. The number of hydrogen-bond acceptors (Lipinski definition) is 4. The molecule has 1 heterocycles. The van der Waals surface area contributed by atoms with Crippen LogP contribution in [0.15, 0.2) is 18.2 Å². The number of nitrogens with one attached hydrogen (secondary N) is 2. The Kier molecular flexibility index (Phi) is 3.81. The fourth-order valence-electron chi connectivity index (χ4n) is 1.28. The summed E-state index contributed by atoms with van der Waals surface area (Å²) < 4.78 is 28.1. The van der Waals surface area contributed by atoms with E-state index in [4.69, 9.17) is 5.11 Å². The molecule has 0 unspecified atom stereocenters. The Morgan fingerprint density at radius 2 is 2.22 bits per heavy atom. The van der Waals surface area contributed by atoms with Crippen LogP contribution in [-0.4, -0.2) is 31.2 Å². The summed E-state index contributed by atoms with van der Waals surface area (Å²) in [6, 6.07) is 4.86. The van der Waals surface area contributed by atoms with Crippen LogP contribution < -0.4 is 9.44 Å². The Morgan fingerprint density at radius 1 is 1.44 bits per heavy atom. The Balaban J connectivity index is 2.08. The first-order valence-corrected chi connectivity index (χ1v) is 6.94. The van der Waals surface area contributed by atoms with Crippen LogP contribution in [0.4, 0.5) is 5.82 Å². The first kappa shape index (κ1) is 12.8. The molecule has 0 amide bonds. The third kappa shape index (κ3) is 4.00. The van der Waals surface area contributed by atoms with E-state index < -0.39 is 10.2 Å². The lowest BCUT2D eigenvalue weighted by molar-refractivity contribution is 0.350. The first-order chi connectivity index (χ1) is 8.59. The minimum atomic E-state index is -3.57.